The minimum atomic E-state index is -0.318. The maximum atomic E-state index is 10.6. The summed E-state index contributed by atoms with van der Waals surface area (Å²) in [7, 11) is 0. The molecule has 0 rings (SSSR count). The molecule has 0 aliphatic rings. The predicted octanol–water partition coefficient (Wildman–Crippen LogP) is 1.20. The van der Waals surface area contributed by atoms with Crippen molar-refractivity contribution >= 4 is 11.8 Å². The Balaban J connectivity index is 3.15. The summed E-state index contributed by atoms with van der Waals surface area (Å²) in [4.78, 5) is 21.1. The second-order valence-electron chi connectivity index (χ2n) is 5.53. The summed E-state index contributed by atoms with van der Waals surface area (Å²) in [5.41, 5.74) is 15.9. The van der Waals surface area contributed by atoms with Crippen LogP contribution >= 0.6 is 0 Å². The second-order valence-corrected chi connectivity index (χ2v) is 5.53. The summed E-state index contributed by atoms with van der Waals surface area (Å²) >= 11 is 0. The standard InChI is InChI=1S/C15H31N3O3/c16-13(9-10-15(18)20)12-21-11-7-5-3-1-2-4-6-8-14(17)19/h13H,1-12,16H2,(H2,17,19)(H2,18,20). The Labute approximate surface area is 127 Å². The summed E-state index contributed by atoms with van der Waals surface area (Å²) in [6.45, 7) is 1.20. The molecular formula is C15H31N3O3. The first-order valence-electron chi connectivity index (χ1n) is 7.92. The van der Waals surface area contributed by atoms with Crippen molar-refractivity contribution in [2.75, 3.05) is 13.2 Å². The molecule has 0 aliphatic heterocycles. The largest absolute Gasteiger partial charge is 0.380 e. The van der Waals surface area contributed by atoms with E-state index >= 15 is 0 Å². The molecule has 0 saturated heterocycles. The number of primary amides is 2. The number of rotatable bonds is 15. The molecule has 0 bridgehead atoms. The maximum Gasteiger partial charge on any atom is 0.217 e. The predicted molar refractivity (Wildman–Crippen MR) is 83.4 cm³/mol. The third kappa shape index (κ3) is 16.8. The van der Waals surface area contributed by atoms with Crippen LogP contribution < -0.4 is 17.2 Å². The molecule has 1 unspecified atom stereocenters. The molecule has 0 aromatic carbocycles. The Morgan fingerprint density at radius 1 is 0.810 bits per heavy atom. The van der Waals surface area contributed by atoms with Gasteiger partial charge in [-0.1, -0.05) is 32.1 Å². The van der Waals surface area contributed by atoms with E-state index in [-0.39, 0.29) is 17.9 Å². The fraction of sp³-hybridized carbons (Fsp3) is 0.867. The molecule has 1 atom stereocenters. The normalized spacial score (nSPS) is 12.2. The van der Waals surface area contributed by atoms with E-state index in [1.54, 1.807) is 0 Å². The van der Waals surface area contributed by atoms with Crippen LogP contribution in [0.3, 0.4) is 0 Å². The second kappa shape index (κ2) is 13.8. The molecule has 2 amide bonds. The number of carbonyl (C=O) groups excluding carboxylic acids is 2. The molecule has 6 nitrogen and oxygen atoms in total. The van der Waals surface area contributed by atoms with E-state index in [4.69, 9.17) is 21.9 Å². The average Bonchev–Trinajstić information content (AvgIpc) is 2.42. The van der Waals surface area contributed by atoms with E-state index in [0.29, 0.717) is 32.5 Å². The minimum Gasteiger partial charge on any atom is -0.380 e. The number of hydrogen-bond donors (Lipinski definition) is 3. The molecule has 0 aromatic heterocycles. The lowest BCUT2D eigenvalue weighted by molar-refractivity contribution is -0.119. The number of hydrogen-bond acceptors (Lipinski definition) is 4. The van der Waals surface area contributed by atoms with Crippen LogP contribution in [-0.4, -0.2) is 31.1 Å². The number of carbonyl (C=O) groups is 2. The molecule has 0 spiro atoms. The van der Waals surface area contributed by atoms with Gasteiger partial charge in [0.2, 0.25) is 11.8 Å². The quantitative estimate of drug-likeness (QED) is 0.393. The summed E-state index contributed by atoms with van der Waals surface area (Å²) in [6, 6.07) is -0.109. The van der Waals surface area contributed by atoms with Crippen molar-refractivity contribution in [2.24, 2.45) is 17.2 Å². The molecule has 6 heteroatoms. The Kier molecular flexibility index (Phi) is 13.1. The Morgan fingerprint density at radius 2 is 1.33 bits per heavy atom. The van der Waals surface area contributed by atoms with Gasteiger partial charge in [-0.15, -0.1) is 0 Å². The van der Waals surface area contributed by atoms with Gasteiger partial charge in [0, 0.05) is 25.5 Å². The lowest BCUT2D eigenvalue weighted by Gasteiger charge is -2.11. The highest BCUT2D eigenvalue weighted by Crippen LogP contribution is 2.08. The molecule has 0 aliphatic carbocycles. The van der Waals surface area contributed by atoms with E-state index in [0.717, 1.165) is 32.1 Å². The number of unbranched alkanes of at least 4 members (excludes halogenated alkanes) is 6. The van der Waals surface area contributed by atoms with E-state index in [2.05, 4.69) is 0 Å². The van der Waals surface area contributed by atoms with E-state index in [9.17, 15) is 9.59 Å². The van der Waals surface area contributed by atoms with Gasteiger partial charge in [-0.2, -0.15) is 0 Å². The van der Waals surface area contributed by atoms with E-state index in [1.807, 2.05) is 0 Å². The molecule has 21 heavy (non-hydrogen) atoms. The minimum absolute atomic E-state index is 0.109. The third-order valence-electron chi connectivity index (χ3n) is 3.31. The third-order valence-corrected chi connectivity index (χ3v) is 3.31. The zero-order valence-corrected chi connectivity index (χ0v) is 13.0. The molecule has 0 radical (unpaired) electrons. The van der Waals surface area contributed by atoms with Gasteiger partial charge in [0.05, 0.1) is 6.61 Å². The summed E-state index contributed by atoms with van der Waals surface area (Å²) in [5.74, 6) is -0.525. The highest BCUT2D eigenvalue weighted by molar-refractivity contribution is 5.73. The van der Waals surface area contributed by atoms with Crippen LogP contribution in [0.4, 0.5) is 0 Å². The van der Waals surface area contributed by atoms with Crippen molar-refractivity contribution in [1.29, 1.82) is 0 Å². The molecular weight excluding hydrogens is 270 g/mol. The van der Waals surface area contributed by atoms with Crippen molar-refractivity contribution in [3.63, 3.8) is 0 Å². The van der Waals surface area contributed by atoms with Gasteiger partial charge >= 0.3 is 0 Å². The highest BCUT2D eigenvalue weighted by Gasteiger charge is 2.04. The van der Waals surface area contributed by atoms with Crippen molar-refractivity contribution in [1.82, 2.24) is 0 Å². The average molecular weight is 301 g/mol. The monoisotopic (exact) mass is 301 g/mol. The van der Waals surface area contributed by atoms with Crippen LogP contribution in [0.1, 0.15) is 64.2 Å². The Morgan fingerprint density at radius 3 is 1.90 bits per heavy atom. The number of amides is 2. The van der Waals surface area contributed by atoms with Gasteiger partial charge in [-0.3, -0.25) is 9.59 Å². The van der Waals surface area contributed by atoms with Crippen molar-refractivity contribution in [2.45, 2.75) is 70.3 Å². The number of ether oxygens (including phenoxy) is 1. The SMILES string of the molecule is NC(=O)CCCCCCCCCOCC(N)CCC(N)=O. The first-order valence-corrected chi connectivity index (χ1v) is 7.92. The fourth-order valence-corrected chi connectivity index (χ4v) is 2.03. The molecule has 0 fully saturated rings. The van der Waals surface area contributed by atoms with Gasteiger partial charge < -0.3 is 21.9 Å². The van der Waals surface area contributed by atoms with Crippen LogP contribution in [0.25, 0.3) is 0 Å². The maximum absolute atomic E-state index is 10.6. The lowest BCUT2D eigenvalue weighted by Crippen LogP contribution is -2.28. The van der Waals surface area contributed by atoms with Gasteiger partial charge in [0.1, 0.15) is 0 Å². The first kappa shape index (κ1) is 19.9. The van der Waals surface area contributed by atoms with Crippen molar-refractivity contribution in [3.8, 4) is 0 Å². The highest BCUT2D eigenvalue weighted by atomic mass is 16.5. The van der Waals surface area contributed by atoms with Crippen LogP contribution in [-0.2, 0) is 14.3 Å². The summed E-state index contributed by atoms with van der Waals surface area (Å²) < 4.78 is 5.47. The van der Waals surface area contributed by atoms with Crippen LogP contribution in [0, 0.1) is 0 Å². The van der Waals surface area contributed by atoms with Crippen LogP contribution in [0.15, 0.2) is 0 Å². The number of nitrogens with two attached hydrogens (primary N) is 3. The molecule has 6 N–H and O–H groups in total. The van der Waals surface area contributed by atoms with Crippen LogP contribution in [0.2, 0.25) is 0 Å². The molecule has 0 heterocycles. The lowest BCUT2D eigenvalue weighted by atomic mass is 10.1. The van der Waals surface area contributed by atoms with Gasteiger partial charge in [0.25, 0.3) is 0 Å². The van der Waals surface area contributed by atoms with Gasteiger partial charge in [0.15, 0.2) is 0 Å². The smallest absolute Gasteiger partial charge is 0.217 e. The van der Waals surface area contributed by atoms with Crippen molar-refractivity contribution in [3.05, 3.63) is 0 Å². The topological polar surface area (TPSA) is 121 Å². The first-order chi connectivity index (χ1) is 10.0. The van der Waals surface area contributed by atoms with Gasteiger partial charge in [-0.05, 0) is 19.3 Å². The molecule has 124 valence electrons. The fourth-order valence-electron chi connectivity index (χ4n) is 2.03. The Hall–Kier alpha value is -1.14. The molecule has 0 saturated carbocycles. The van der Waals surface area contributed by atoms with E-state index < -0.39 is 0 Å². The zero-order chi connectivity index (χ0) is 15.9. The summed E-state index contributed by atoms with van der Waals surface area (Å²) in [5, 5.41) is 0. The zero-order valence-electron chi connectivity index (χ0n) is 13.0. The van der Waals surface area contributed by atoms with Gasteiger partial charge in [-0.25, -0.2) is 0 Å². The van der Waals surface area contributed by atoms with Crippen molar-refractivity contribution < 1.29 is 14.3 Å². The molecule has 0 aromatic rings. The van der Waals surface area contributed by atoms with Crippen LogP contribution in [0.5, 0.6) is 0 Å². The Bertz CT molecular complexity index is 285. The van der Waals surface area contributed by atoms with E-state index in [1.165, 1.54) is 12.8 Å². The summed E-state index contributed by atoms with van der Waals surface area (Å²) in [6.07, 6.45) is 9.10.